The van der Waals surface area contributed by atoms with Crippen molar-refractivity contribution in [2.45, 2.75) is 44.6 Å². The molecule has 1 fully saturated rings. The Morgan fingerprint density at radius 1 is 1.20 bits per heavy atom. The Labute approximate surface area is 118 Å². The first-order valence-corrected chi connectivity index (χ1v) is 7.27. The van der Waals surface area contributed by atoms with E-state index in [1.807, 2.05) is 12.1 Å². The Hall–Kier alpha value is -1.75. The Balaban J connectivity index is 1.62. The largest absolute Gasteiger partial charge is 0.339 e. The molecule has 0 spiro atoms. The van der Waals surface area contributed by atoms with Crippen molar-refractivity contribution in [1.29, 1.82) is 0 Å². The topological polar surface area (TPSA) is 77.8 Å². The third-order valence-electron chi connectivity index (χ3n) is 4.03. The van der Waals surface area contributed by atoms with Crippen molar-refractivity contribution in [3.8, 4) is 0 Å². The maximum Gasteiger partial charge on any atom is 0.226 e. The van der Waals surface area contributed by atoms with Gasteiger partial charge in [-0.25, -0.2) is 0 Å². The van der Waals surface area contributed by atoms with Crippen molar-refractivity contribution in [3.05, 3.63) is 41.8 Å². The van der Waals surface area contributed by atoms with E-state index in [-0.39, 0.29) is 6.04 Å². The van der Waals surface area contributed by atoms with Crippen LogP contribution in [0, 0.1) is 5.92 Å². The first-order chi connectivity index (χ1) is 9.81. The zero-order valence-electron chi connectivity index (χ0n) is 11.5. The molecule has 2 unspecified atom stereocenters. The molecule has 0 saturated heterocycles. The lowest BCUT2D eigenvalue weighted by Crippen LogP contribution is -2.34. The van der Waals surface area contributed by atoms with Crippen molar-refractivity contribution >= 4 is 0 Å². The van der Waals surface area contributed by atoms with E-state index in [2.05, 4.69) is 15.1 Å². The molecule has 106 valence electrons. The normalized spacial score (nSPS) is 22.9. The van der Waals surface area contributed by atoms with Crippen molar-refractivity contribution in [1.82, 2.24) is 15.1 Å². The van der Waals surface area contributed by atoms with E-state index < -0.39 is 0 Å². The van der Waals surface area contributed by atoms with Gasteiger partial charge in [-0.1, -0.05) is 18.0 Å². The van der Waals surface area contributed by atoms with Crippen LogP contribution in [0.15, 0.2) is 29.0 Å². The average Bonchev–Trinajstić information content (AvgIpc) is 2.90. The highest BCUT2D eigenvalue weighted by molar-refractivity contribution is 5.14. The fourth-order valence-corrected chi connectivity index (χ4v) is 2.84. The zero-order valence-corrected chi connectivity index (χ0v) is 11.5. The monoisotopic (exact) mass is 272 g/mol. The van der Waals surface area contributed by atoms with Crippen LogP contribution in [0.5, 0.6) is 0 Å². The van der Waals surface area contributed by atoms with Gasteiger partial charge in [0.15, 0.2) is 5.82 Å². The quantitative estimate of drug-likeness (QED) is 0.922. The Morgan fingerprint density at radius 3 is 2.80 bits per heavy atom. The van der Waals surface area contributed by atoms with Gasteiger partial charge in [-0.15, -0.1) is 0 Å². The minimum Gasteiger partial charge on any atom is -0.339 e. The standard InChI is InChI=1S/C15H20N4O/c16-13-4-2-1-3-12(13)10-15-18-14(19-20-15)9-11-5-7-17-8-6-11/h5-8,12-13H,1-4,9-10,16H2. The van der Waals surface area contributed by atoms with E-state index >= 15 is 0 Å². The lowest BCUT2D eigenvalue weighted by atomic mass is 9.83. The van der Waals surface area contributed by atoms with Gasteiger partial charge in [-0.2, -0.15) is 4.98 Å². The molecule has 0 bridgehead atoms. The van der Waals surface area contributed by atoms with Gasteiger partial charge in [-0.3, -0.25) is 4.98 Å². The molecule has 0 amide bonds. The number of nitrogens with zero attached hydrogens (tertiary/aromatic N) is 3. The summed E-state index contributed by atoms with van der Waals surface area (Å²) >= 11 is 0. The molecule has 2 aromatic rings. The molecule has 2 N–H and O–H groups in total. The average molecular weight is 272 g/mol. The van der Waals surface area contributed by atoms with Crippen LogP contribution in [0.25, 0.3) is 0 Å². The van der Waals surface area contributed by atoms with Crippen molar-refractivity contribution in [2.24, 2.45) is 11.7 Å². The van der Waals surface area contributed by atoms with E-state index in [4.69, 9.17) is 10.3 Å². The van der Waals surface area contributed by atoms with Crippen LogP contribution < -0.4 is 5.73 Å². The lowest BCUT2D eigenvalue weighted by molar-refractivity contribution is 0.273. The summed E-state index contributed by atoms with van der Waals surface area (Å²) in [6, 6.07) is 4.21. The molecule has 1 aliphatic rings. The van der Waals surface area contributed by atoms with Crippen LogP contribution >= 0.6 is 0 Å². The van der Waals surface area contributed by atoms with Gasteiger partial charge in [0.2, 0.25) is 5.89 Å². The van der Waals surface area contributed by atoms with Crippen molar-refractivity contribution in [3.63, 3.8) is 0 Å². The fourth-order valence-electron chi connectivity index (χ4n) is 2.84. The van der Waals surface area contributed by atoms with Crippen LogP contribution in [0.3, 0.4) is 0 Å². The third-order valence-corrected chi connectivity index (χ3v) is 4.03. The summed E-state index contributed by atoms with van der Waals surface area (Å²) < 4.78 is 5.36. The van der Waals surface area contributed by atoms with E-state index in [0.29, 0.717) is 12.3 Å². The molecule has 0 aromatic carbocycles. The van der Waals surface area contributed by atoms with Crippen LogP contribution in [-0.2, 0) is 12.8 Å². The van der Waals surface area contributed by atoms with Gasteiger partial charge in [0.1, 0.15) is 0 Å². The molecule has 2 aromatic heterocycles. The maximum absolute atomic E-state index is 6.16. The van der Waals surface area contributed by atoms with Gasteiger partial charge in [0.25, 0.3) is 0 Å². The molecule has 0 aliphatic heterocycles. The van der Waals surface area contributed by atoms with Gasteiger partial charge in [0.05, 0.1) is 0 Å². The summed E-state index contributed by atoms with van der Waals surface area (Å²) in [5.74, 6) is 1.94. The van der Waals surface area contributed by atoms with E-state index in [0.717, 1.165) is 30.1 Å². The summed E-state index contributed by atoms with van der Waals surface area (Å²) in [5.41, 5.74) is 7.30. The second-order valence-electron chi connectivity index (χ2n) is 5.55. The summed E-state index contributed by atoms with van der Waals surface area (Å²) in [4.78, 5) is 8.48. The number of aromatic nitrogens is 3. The molecule has 5 heteroatoms. The zero-order chi connectivity index (χ0) is 13.8. The molecule has 1 aliphatic carbocycles. The van der Waals surface area contributed by atoms with Crippen LogP contribution in [0.1, 0.15) is 43.0 Å². The van der Waals surface area contributed by atoms with Crippen LogP contribution in [-0.4, -0.2) is 21.2 Å². The Kier molecular flexibility index (Phi) is 4.06. The second kappa shape index (κ2) is 6.13. The highest BCUT2D eigenvalue weighted by atomic mass is 16.5. The number of pyridine rings is 1. The Bertz CT molecular complexity index is 540. The molecule has 2 atom stereocenters. The number of rotatable bonds is 4. The summed E-state index contributed by atoms with van der Waals surface area (Å²) in [5, 5.41) is 4.05. The van der Waals surface area contributed by atoms with Crippen molar-refractivity contribution in [2.75, 3.05) is 0 Å². The molecule has 0 radical (unpaired) electrons. The molecule has 1 saturated carbocycles. The molecule has 2 heterocycles. The third kappa shape index (κ3) is 3.22. The van der Waals surface area contributed by atoms with Gasteiger partial charge in [0, 0.05) is 31.3 Å². The van der Waals surface area contributed by atoms with E-state index in [9.17, 15) is 0 Å². The molecular formula is C15H20N4O. The van der Waals surface area contributed by atoms with E-state index in [1.165, 1.54) is 19.3 Å². The first kappa shape index (κ1) is 13.2. The van der Waals surface area contributed by atoms with Crippen LogP contribution in [0.2, 0.25) is 0 Å². The number of nitrogens with two attached hydrogens (primary N) is 1. The van der Waals surface area contributed by atoms with Gasteiger partial charge < -0.3 is 10.3 Å². The second-order valence-corrected chi connectivity index (χ2v) is 5.55. The van der Waals surface area contributed by atoms with Crippen LogP contribution in [0.4, 0.5) is 0 Å². The van der Waals surface area contributed by atoms with Gasteiger partial charge in [-0.05, 0) is 36.5 Å². The summed E-state index contributed by atoms with van der Waals surface area (Å²) in [7, 11) is 0. The first-order valence-electron chi connectivity index (χ1n) is 7.27. The predicted octanol–water partition coefficient (Wildman–Crippen LogP) is 2.12. The predicted molar refractivity (Wildman–Crippen MR) is 75.0 cm³/mol. The van der Waals surface area contributed by atoms with Gasteiger partial charge >= 0.3 is 0 Å². The Morgan fingerprint density at radius 2 is 2.00 bits per heavy atom. The molecular weight excluding hydrogens is 252 g/mol. The molecule has 20 heavy (non-hydrogen) atoms. The minimum atomic E-state index is 0.277. The molecule has 3 rings (SSSR count). The number of hydrogen-bond donors (Lipinski definition) is 1. The minimum absolute atomic E-state index is 0.277. The highest BCUT2D eigenvalue weighted by Crippen LogP contribution is 2.25. The van der Waals surface area contributed by atoms with Crippen molar-refractivity contribution < 1.29 is 4.52 Å². The SMILES string of the molecule is NC1CCCCC1Cc1nc(Cc2ccncc2)no1. The molecule has 5 nitrogen and oxygen atoms in total. The highest BCUT2D eigenvalue weighted by Gasteiger charge is 2.24. The lowest BCUT2D eigenvalue weighted by Gasteiger charge is -2.27. The fraction of sp³-hybridized carbons (Fsp3) is 0.533. The number of hydrogen-bond acceptors (Lipinski definition) is 5. The summed E-state index contributed by atoms with van der Waals surface area (Å²) in [6.45, 7) is 0. The smallest absolute Gasteiger partial charge is 0.226 e. The summed E-state index contributed by atoms with van der Waals surface area (Å²) in [6.07, 6.45) is 9.83. The van der Waals surface area contributed by atoms with E-state index in [1.54, 1.807) is 12.4 Å². The maximum atomic E-state index is 6.16.